The van der Waals surface area contributed by atoms with E-state index in [0.717, 1.165) is 32.2 Å². The summed E-state index contributed by atoms with van der Waals surface area (Å²) in [4.78, 5) is 11.3. The summed E-state index contributed by atoms with van der Waals surface area (Å²) in [6.45, 7) is 5.08. The molecule has 3 heteroatoms. The molecule has 0 aromatic heterocycles. The molecular formula is C12H24ClNO. The zero-order valence-electron chi connectivity index (χ0n) is 10.0. The van der Waals surface area contributed by atoms with E-state index in [-0.39, 0.29) is 5.91 Å². The number of carbonyl (C=O) groups excluding carboxylic acids is 1. The molecule has 2 nitrogen and oxygen atoms in total. The van der Waals surface area contributed by atoms with E-state index in [1.165, 1.54) is 6.42 Å². The van der Waals surface area contributed by atoms with Crippen molar-refractivity contribution in [3.05, 3.63) is 0 Å². The Hall–Kier alpha value is -0.240. The first-order valence-electron chi connectivity index (χ1n) is 6.03. The van der Waals surface area contributed by atoms with Crippen LogP contribution in [-0.4, -0.2) is 18.3 Å². The van der Waals surface area contributed by atoms with E-state index >= 15 is 0 Å². The fraction of sp³-hybridized carbons (Fsp3) is 0.917. The molecule has 15 heavy (non-hydrogen) atoms. The van der Waals surface area contributed by atoms with Gasteiger partial charge in [0.2, 0.25) is 5.91 Å². The standard InChI is InChI=1S/C12H24ClNO/c1-3-4-5-8-12(15)14-9-6-7-11(2)10-13/h11H,3-10H2,1-2H3,(H,14,15). The van der Waals surface area contributed by atoms with Gasteiger partial charge in [-0.1, -0.05) is 26.7 Å². The van der Waals surface area contributed by atoms with Gasteiger partial charge in [0.05, 0.1) is 0 Å². The number of nitrogens with one attached hydrogen (secondary N) is 1. The lowest BCUT2D eigenvalue weighted by Gasteiger charge is -2.08. The van der Waals surface area contributed by atoms with Crippen molar-refractivity contribution >= 4 is 17.5 Å². The number of hydrogen-bond donors (Lipinski definition) is 1. The first-order valence-corrected chi connectivity index (χ1v) is 6.56. The van der Waals surface area contributed by atoms with Crippen LogP contribution < -0.4 is 5.32 Å². The van der Waals surface area contributed by atoms with Crippen molar-refractivity contribution < 1.29 is 4.79 Å². The van der Waals surface area contributed by atoms with Gasteiger partial charge >= 0.3 is 0 Å². The molecule has 0 heterocycles. The molecule has 1 unspecified atom stereocenters. The number of carbonyl (C=O) groups is 1. The minimum absolute atomic E-state index is 0.196. The Morgan fingerprint density at radius 1 is 1.33 bits per heavy atom. The highest BCUT2D eigenvalue weighted by Gasteiger charge is 2.02. The Kier molecular flexibility index (Phi) is 10.1. The third kappa shape index (κ3) is 10.1. The number of unbranched alkanes of at least 4 members (excludes halogenated alkanes) is 2. The molecule has 0 spiro atoms. The normalized spacial score (nSPS) is 12.5. The molecule has 1 amide bonds. The fourth-order valence-electron chi connectivity index (χ4n) is 1.38. The van der Waals surface area contributed by atoms with Crippen LogP contribution in [0.5, 0.6) is 0 Å². The largest absolute Gasteiger partial charge is 0.356 e. The minimum atomic E-state index is 0.196. The van der Waals surface area contributed by atoms with Crippen LogP contribution in [-0.2, 0) is 4.79 Å². The molecule has 0 radical (unpaired) electrons. The minimum Gasteiger partial charge on any atom is -0.356 e. The molecule has 0 saturated heterocycles. The lowest BCUT2D eigenvalue weighted by molar-refractivity contribution is -0.121. The summed E-state index contributed by atoms with van der Waals surface area (Å²) in [6.07, 6.45) is 6.14. The Labute approximate surface area is 98.8 Å². The van der Waals surface area contributed by atoms with Gasteiger partial charge in [0.1, 0.15) is 0 Å². The highest BCUT2D eigenvalue weighted by atomic mass is 35.5. The van der Waals surface area contributed by atoms with Crippen molar-refractivity contribution in [1.82, 2.24) is 5.32 Å². The SMILES string of the molecule is CCCCCC(=O)NCCCC(C)CCl. The summed E-state index contributed by atoms with van der Waals surface area (Å²) in [6, 6.07) is 0. The maximum absolute atomic E-state index is 11.3. The van der Waals surface area contributed by atoms with E-state index in [4.69, 9.17) is 11.6 Å². The molecule has 0 fully saturated rings. The summed E-state index contributed by atoms with van der Waals surface area (Å²) in [5, 5.41) is 2.94. The molecule has 0 saturated carbocycles. The number of amides is 1. The third-order valence-corrected chi connectivity index (χ3v) is 2.99. The molecule has 0 aromatic rings. The number of alkyl halides is 1. The summed E-state index contributed by atoms with van der Waals surface area (Å²) in [5.41, 5.74) is 0. The average Bonchev–Trinajstić information content (AvgIpc) is 2.24. The van der Waals surface area contributed by atoms with Gasteiger partial charge in [-0.25, -0.2) is 0 Å². The Balaban J connectivity index is 3.23. The Morgan fingerprint density at radius 2 is 2.07 bits per heavy atom. The second-order valence-electron chi connectivity index (χ2n) is 4.21. The summed E-state index contributed by atoms with van der Waals surface area (Å²) >= 11 is 5.69. The van der Waals surface area contributed by atoms with Gasteiger partial charge in [-0.15, -0.1) is 11.6 Å². The quantitative estimate of drug-likeness (QED) is 0.480. The van der Waals surface area contributed by atoms with Crippen LogP contribution in [0.4, 0.5) is 0 Å². The van der Waals surface area contributed by atoms with Gasteiger partial charge < -0.3 is 5.32 Å². The molecule has 0 bridgehead atoms. The van der Waals surface area contributed by atoms with Crippen molar-refractivity contribution in [1.29, 1.82) is 0 Å². The van der Waals surface area contributed by atoms with Gasteiger partial charge in [-0.05, 0) is 25.2 Å². The molecular weight excluding hydrogens is 210 g/mol. The number of hydrogen-bond acceptors (Lipinski definition) is 1. The highest BCUT2D eigenvalue weighted by molar-refractivity contribution is 6.18. The van der Waals surface area contributed by atoms with Crippen molar-refractivity contribution in [3.8, 4) is 0 Å². The van der Waals surface area contributed by atoms with Crippen molar-refractivity contribution in [2.24, 2.45) is 5.92 Å². The van der Waals surface area contributed by atoms with Gasteiger partial charge in [-0.3, -0.25) is 4.79 Å². The van der Waals surface area contributed by atoms with Crippen LogP contribution in [0.15, 0.2) is 0 Å². The summed E-state index contributed by atoms with van der Waals surface area (Å²) in [5.74, 6) is 1.47. The molecule has 90 valence electrons. The van der Waals surface area contributed by atoms with E-state index in [0.29, 0.717) is 18.2 Å². The second-order valence-corrected chi connectivity index (χ2v) is 4.52. The molecule has 1 N–H and O–H groups in total. The molecule has 0 aliphatic rings. The Morgan fingerprint density at radius 3 is 2.67 bits per heavy atom. The van der Waals surface area contributed by atoms with Crippen LogP contribution in [0.3, 0.4) is 0 Å². The van der Waals surface area contributed by atoms with Gasteiger partial charge in [0.25, 0.3) is 0 Å². The first kappa shape index (κ1) is 14.8. The van der Waals surface area contributed by atoms with Gasteiger partial charge in [-0.2, -0.15) is 0 Å². The monoisotopic (exact) mass is 233 g/mol. The van der Waals surface area contributed by atoms with Crippen LogP contribution in [0.1, 0.15) is 52.4 Å². The molecule has 0 aliphatic carbocycles. The number of rotatable bonds is 9. The smallest absolute Gasteiger partial charge is 0.219 e. The molecule has 0 aliphatic heterocycles. The maximum atomic E-state index is 11.3. The van der Waals surface area contributed by atoms with Crippen LogP contribution in [0.2, 0.25) is 0 Å². The van der Waals surface area contributed by atoms with E-state index in [1.807, 2.05) is 0 Å². The Bertz CT molecular complexity index is 162. The van der Waals surface area contributed by atoms with E-state index < -0.39 is 0 Å². The van der Waals surface area contributed by atoms with Crippen molar-refractivity contribution in [3.63, 3.8) is 0 Å². The van der Waals surface area contributed by atoms with Gasteiger partial charge in [0, 0.05) is 18.8 Å². The molecule has 0 aromatic carbocycles. The molecule has 1 atom stereocenters. The van der Waals surface area contributed by atoms with Crippen molar-refractivity contribution in [2.45, 2.75) is 52.4 Å². The predicted octanol–water partition coefficient (Wildman–Crippen LogP) is 3.34. The predicted molar refractivity (Wildman–Crippen MR) is 66.3 cm³/mol. The number of halogens is 1. The zero-order valence-corrected chi connectivity index (χ0v) is 10.8. The molecule has 0 rings (SSSR count). The van der Waals surface area contributed by atoms with E-state index in [1.54, 1.807) is 0 Å². The van der Waals surface area contributed by atoms with Crippen LogP contribution in [0, 0.1) is 5.92 Å². The fourth-order valence-corrected chi connectivity index (χ4v) is 1.53. The maximum Gasteiger partial charge on any atom is 0.219 e. The zero-order chi connectivity index (χ0) is 11.5. The van der Waals surface area contributed by atoms with E-state index in [2.05, 4.69) is 19.2 Å². The lowest BCUT2D eigenvalue weighted by atomic mass is 10.1. The van der Waals surface area contributed by atoms with Crippen LogP contribution in [0.25, 0.3) is 0 Å². The average molecular weight is 234 g/mol. The lowest BCUT2D eigenvalue weighted by Crippen LogP contribution is -2.24. The first-order chi connectivity index (χ1) is 7.20. The van der Waals surface area contributed by atoms with E-state index in [9.17, 15) is 4.79 Å². The summed E-state index contributed by atoms with van der Waals surface area (Å²) < 4.78 is 0. The second kappa shape index (κ2) is 10.3. The van der Waals surface area contributed by atoms with Gasteiger partial charge in [0.15, 0.2) is 0 Å². The van der Waals surface area contributed by atoms with Crippen molar-refractivity contribution in [2.75, 3.05) is 12.4 Å². The summed E-state index contributed by atoms with van der Waals surface area (Å²) in [7, 11) is 0. The van der Waals surface area contributed by atoms with Crippen LogP contribution >= 0.6 is 11.6 Å². The highest BCUT2D eigenvalue weighted by Crippen LogP contribution is 2.06. The topological polar surface area (TPSA) is 29.1 Å². The third-order valence-electron chi connectivity index (χ3n) is 2.47.